The predicted molar refractivity (Wildman–Crippen MR) is 126 cm³/mol. The van der Waals surface area contributed by atoms with E-state index in [-0.39, 0.29) is 0 Å². The van der Waals surface area contributed by atoms with Gasteiger partial charge in [0.15, 0.2) is 0 Å². The van der Waals surface area contributed by atoms with Gasteiger partial charge in [-0.05, 0) is 25.8 Å². The molecule has 0 heterocycles. The van der Waals surface area contributed by atoms with Crippen LogP contribution in [0.1, 0.15) is 122 Å². The molecule has 0 saturated carbocycles. The molecule has 0 aliphatic carbocycles. The van der Waals surface area contributed by atoms with Gasteiger partial charge < -0.3 is 4.90 Å². The van der Waals surface area contributed by atoms with E-state index in [2.05, 4.69) is 25.0 Å². The first-order valence-corrected chi connectivity index (χ1v) is 12.3. The van der Waals surface area contributed by atoms with E-state index in [0.29, 0.717) is 0 Å². The Labute approximate surface area is 172 Å². The summed E-state index contributed by atoms with van der Waals surface area (Å²) < 4.78 is 0. The van der Waals surface area contributed by atoms with Crippen molar-refractivity contribution in [3.63, 3.8) is 0 Å². The summed E-state index contributed by atoms with van der Waals surface area (Å²) in [6, 6.07) is 0. The normalized spacial score (nSPS) is 11.2. The summed E-state index contributed by atoms with van der Waals surface area (Å²) in [6.07, 6.45) is 29.4. The number of hydrogen-bond donors (Lipinski definition) is 0. The van der Waals surface area contributed by atoms with Crippen molar-refractivity contribution in [2.45, 2.75) is 122 Å². The van der Waals surface area contributed by atoms with Crippen molar-refractivity contribution in [3.8, 4) is 0 Å². The van der Waals surface area contributed by atoms with Crippen molar-refractivity contribution in [1.29, 1.82) is 0 Å². The van der Waals surface area contributed by atoms with Crippen LogP contribution in [0.2, 0.25) is 0 Å². The molecule has 1 nitrogen and oxygen atoms in total. The summed E-state index contributed by atoms with van der Waals surface area (Å²) in [5.74, 6) is 0. The summed E-state index contributed by atoms with van der Waals surface area (Å²) in [6.45, 7) is 13.6. The molecule has 0 atom stereocenters. The molecule has 0 rings (SSSR count). The topological polar surface area (TPSA) is 3.24 Å². The fourth-order valence-electron chi connectivity index (χ4n) is 3.77. The molecule has 0 aliphatic rings. The molecule has 1 heteroatoms. The van der Waals surface area contributed by atoms with Gasteiger partial charge in [-0.2, -0.15) is 0 Å². The van der Waals surface area contributed by atoms with Crippen LogP contribution in [0.3, 0.4) is 0 Å². The van der Waals surface area contributed by atoms with Crippen LogP contribution >= 0.6 is 0 Å². The quantitative estimate of drug-likeness (QED) is 0.127. The van der Waals surface area contributed by atoms with Crippen LogP contribution in [0, 0.1) is 0 Å². The summed E-state index contributed by atoms with van der Waals surface area (Å²) in [4.78, 5) is 2.58. The van der Waals surface area contributed by atoms with E-state index in [1.807, 2.05) is 12.2 Å². The van der Waals surface area contributed by atoms with Crippen molar-refractivity contribution >= 4 is 0 Å². The molecule has 0 aliphatic heterocycles. The minimum Gasteiger partial charge on any atom is -0.303 e. The number of rotatable bonds is 23. The third-order valence-electron chi connectivity index (χ3n) is 5.63. The Hall–Kier alpha value is -0.560. The third kappa shape index (κ3) is 21.6. The van der Waals surface area contributed by atoms with Crippen molar-refractivity contribution in [2.24, 2.45) is 0 Å². The third-order valence-corrected chi connectivity index (χ3v) is 5.63. The van der Waals surface area contributed by atoms with Crippen molar-refractivity contribution in [2.75, 3.05) is 19.6 Å². The van der Waals surface area contributed by atoms with E-state index < -0.39 is 0 Å². The Morgan fingerprint density at radius 2 is 0.815 bits per heavy atom. The van der Waals surface area contributed by atoms with Crippen LogP contribution in [0.4, 0.5) is 0 Å². The predicted octanol–water partition coefficient (Wildman–Crippen LogP) is 8.70. The molecule has 0 radical (unpaired) electrons. The zero-order valence-corrected chi connectivity index (χ0v) is 18.9. The molecular formula is C26H51N. The van der Waals surface area contributed by atoms with E-state index in [1.54, 1.807) is 0 Å². The average molecular weight is 378 g/mol. The van der Waals surface area contributed by atoms with Gasteiger partial charge in [-0.1, -0.05) is 115 Å². The minimum atomic E-state index is 1.11. The molecule has 27 heavy (non-hydrogen) atoms. The van der Waals surface area contributed by atoms with Crippen molar-refractivity contribution in [1.82, 2.24) is 4.90 Å². The van der Waals surface area contributed by atoms with Crippen LogP contribution < -0.4 is 0 Å². The van der Waals surface area contributed by atoms with Gasteiger partial charge in [-0.3, -0.25) is 0 Å². The Balaban J connectivity index is 3.27. The second kappa shape index (κ2) is 23.5. The lowest BCUT2D eigenvalue weighted by atomic mass is 10.0. The van der Waals surface area contributed by atoms with Crippen LogP contribution in [0.5, 0.6) is 0 Å². The molecule has 0 amide bonds. The molecule has 0 unspecified atom stereocenters. The highest BCUT2D eigenvalue weighted by molar-refractivity contribution is 4.73. The largest absolute Gasteiger partial charge is 0.303 e. The van der Waals surface area contributed by atoms with E-state index >= 15 is 0 Å². The van der Waals surface area contributed by atoms with Gasteiger partial charge in [0, 0.05) is 13.1 Å². The Morgan fingerprint density at radius 3 is 1.15 bits per heavy atom. The van der Waals surface area contributed by atoms with Crippen LogP contribution in [-0.4, -0.2) is 24.5 Å². The van der Waals surface area contributed by atoms with Gasteiger partial charge in [0.2, 0.25) is 0 Å². The zero-order valence-electron chi connectivity index (χ0n) is 18.9. The van der Waals surface area contributed by atoms with Crippen molar-refractivity contribution < 1.29 is 0 Å². The maximum absolute atomic E-state index is 3.85. The summed E-state index contributed by atoms with van der Waals surface area (Å²) in [7, 11) is 0. The van der Waals surface area contributed by atoms with Crippen LogP contribution in [-0.2, 0) is 0 Å². The van der Waals surface area contributed by atoms with E-state index in [9.17, 15) is 0 Å². The standard InChI is InChI=1S/C26H51N/c1-4-7-10-11-12-13-14-15-16-17-18-19-20-21-22-23-26-27(24-8-5-2)25-9-6-3/h5-6H,2-4,7-26H2,1H3. The Kier molecular flexibility index (Phi) is 23.0. The second-order valence-electron chi connectivity index (χ2n) is 8.30. The SMILES string of the molecule is C=CCCN(CCC=C)CCCCCCCCCCCCCCCCCC. The molecule has 160 valence electrons. The molecule has 0 aromatic heterocycles. The molecule has 0 aromatic rings. The Bertz CT molecular complexity index is 285. The monoisotopic (exact) mass is 377 g/mol. The van der Waals surface area contributed by atoms with Gasteiger partial charge in [0.05, 0.1) is 0 Å². The summed E-state index contributed by atoms with van der Waals surface area (Å²) in [5, 5.41) is 0. The number of hydrogen-bond acceptors (Lipinski definition) is 1. The zero-order chi connectivity index (χ0) is 19.8. The van der Waals surface area contributed by atoms with E-state index in [1.165, 1.54) is 109 Å². The van der Waals surface area contributed by atoms with E-state index in [4.69, 9.17) is 0 Å². The van der Waals surface area contributed by atoms with E-state index in [0.717, 1.165) is 25.9 Å². The lowest BCUT2D eigenvalue weighted by molar-refractivity contribution is 0.276. The lowest BCUT2D eigenvalue weighted by Gasteiger charge is -2.20. The fraction of sp³-hybridized carbons (Fsp3) is 0.846. The highest BCUT2D eigenvalue weighted by Gasteiger charge is 2.02. The Morgan fingerprint density at radius 1 is 0.481 bits per heavy atom. The molecule has 0 aromatic carbocycles. The summed E-state index contributed by atoms with van der Waals surface area (Å²) in [5.41, 5.74) is 0. The smallest absolute Gasteiger partial charge is 0.00159 e. The van der Waals surface area contributed by atoms with Gasteiger partial charge >= 0.3 is 0 Å². The minimum absolute atomic E-state index is 1.11. The second-order valence-corrected chi connectivity index (χ2v) is 8.30. The first-order chi connectivity index (χ1) is 13.3. The molecule has 0 N–H and O–H groups in total. The first kappa shape index (κ1) is 26.4. The molecular weight excluding hydrogens is 326 g/mol. The van der Waals surface area contributed by atoms with Crippen molar-refractivity contribution in [3.05, 3.63) is 25.3 Å². The summed E-state index contributed by atoms with van der Waals surface area (Å²) >= 11 is 0. The highest BCUT2D eigenvalue weighted by Crippen LogP contribution is 2.14. The number of unbranched alkanes of at least 4 members (excludes halogenated alkanes) is 15. The number of nitrogens with zero attached hydrogens (tertiary/aromatic N) is 1. The van der Waals surface area contributed by atoms with Gasteiger partial charge in [0.1, 0.15) is 0 Å². The maximum atomic E-state index is 3.85. The van der Waals surface area contributed by atoms with Crippen LogP contribution in [0.25, 0.3) is 0 Å². The van der Waals surface area contributed by atoms with Gasteiger partial charge in [-0.25, -0.2) is 0 Å². The molecule has 0 bridgehead atoms. The van der Waals surface area contributed by atoms with Gasteiger partial charge in [-0.15, -0.1) is 13.2 Å². The highest BCUT2D eigenvalue weighted by atomic mass is 15.1. The first-order valence-electron chi connectivity index (χ1n) is 12.3. The van der Waals surface area contributed by atoms with Crippen LogP contribution in [0.15, 0.2) is 25.3 Å². The average Bonchev–Trinajstić information content (AvgIpc) is 2.69. The molecule has 0 spiro atoms. The van der Waals surface area contributed by atoms with Gasteiger partial charge in [0.25, 0.3) is 0 Å². The fourth-order valence-corrected chi connectivity index (χ4v) is 3.77. The maximum Gasteiger partial charge on any atom is 0.00159 e. The molecule has 0 fully saturated rings. The molecule has 0 saturated heterocycles. The lowest BCUT2D eigenvalue weighted by Crippen LogP contribution is -2.26.